The third-order valence-corrected chi connectivity index (χ3v) is 5.47. The molecule has 5 nitrogen and oxygen atoms in total. The molecule has 0 aliphatic carbocycles. The molecule has 0 fully saturated rings. The third-order valence-electron chi connectivity index (χ3n) is 4.37. The van der Waals surface area contributed by atoms with E-state index in [9.17, 15) is 4.39 Å². The summed E-state index contributed by atoms with van der Waals surface area (Å²) in [5, 5.41) is 1.14. The number of nitrogens with zero attached hydrogens (tertiary/aromatic N) is 2. The molecule has 152 valence electrons. The largest absolute Gasteiger partial charge is 0.496 e. The minimum absolute atomic E-state index is 0.118. The first-order valence-electron chi connectivity index (χ1n) is 8.73. The molecule has 0 saturated heterocycles. The van der Waals surface area contributed by atoms with Crippen molar-refractivity contribution in [1.82, 2.24) is 9.97 Å². The van der Waals surface area contributed by atoms with E-state index in [-0.39, 0.29) is 17.2 Å². The van der Waals surface area contributed by atoms with Gasteiger partial charge in [0.15, 0.2) is 5.82 Å². The molecule has 0 amide bonds. The number of hydrogen-bond acceptors (Lipinski definition) is 6. The number of aromatic nitrogens is 2. The van der Waals surface area contributed by atoms with Crippen molar-refractivity contribution in [2.24, 2.45) is 0 Å². The second-order valence-electron chi connectivity index (χ2n) is 6.29. The van der Waals surface area contributed by atoms with Gasteiger partial charge >= 0.3 is 0 Å². The molecule has 4 rings (SSSR count). The van der Waals surface area contributed by atoms with Crippen molar-refractivity contribution in [3.8, 4) is 16.9 Å². The van der Waals surface area contributed by atoms with Gasteiger partial charge in [-0.15, -0.1) is 0 Å². The molecule has 30 heavy (non-hydrogen) atoms. The molecule has 1 aromatic heterocycles. The highest BCUT2D eigenvalue weighted by Gasteiger charge is 2.17. The number of nitrogen functional groups attached to an aromatic ring is 1. The molecular formula is C21H15ClF2N4OS. The predicted octanol–water partition coefficient (Wildman–Crippen LogP) is 5.94. The summed E-state index contributed by atoms with van der Waals surface area (Å²) >= 11 is 7.14. The fraction of sp³-hybridized carbons (Fsp3) is 0.0476. The molecule has 0 saturated carbocycles. The van der Waals surface area contributed by atoms with Crippen LogP contribution in [0.2, 0.25) is 5.02 Å². The van der Waals surface area contributed by atoms with Crippen LogP contribution >= 0.6 is 23.5 Å². The summed E-state index contributed by atoms with van der Waals surface area (Å²) in [5.41, 5.74) is 6.49. The Labute approximate surface area is 180 Å². The second kappa shape index (κ2) is 8.33. The average molecular weight is 445 g/mol. The predicted molar refractivity (Wildman–Crippen MR) is 117 cm³/mol. The quantitative estimate of drug-likeness (QED) is 0.371. The van der Waals surface area contributed by atoms with Crippen LogP contribution in [0.3, 0.4) is 0 Å². The summed E-state index contributed by atoms with van der Waals surface area (Å²) in [5.74, 6) is -0.695. The van der Waals surface area contributed by atoms with Gasteiger partial charge in [-0.25, -0.2) is 18.7 Å². The van der Waals surface area contributed by atoms with Gasteiger partial charge in [0.25, 0.3) is 0 Å². The molecule has 9 heteroatoms. The summed E-state index contributed by atoms with van der Waals surface area (Å²) in [6.45, 7) is 0. The maximum atomic E-state index is 15.2. The Hall–Kier alpha value is -3.10. The zero-order valence-corrected chi connectivity index (χ0v) is 17.2. The van der Waals surface area contributed by atoms with Crippen LogP contribution in [0.15, 0.2) is 59.6 Å². The van der Waals surface area contributed by atoms with Crippen LogP contribution in [0, 0.1) is 11.6 Å². The molecule has 1 heterocycles. The highest BCUT2D eigenvalue weighted by Crippen LogP contribution is 2.36. The van der Waals surface area contributed by atoms with Crippen LogP contribution < -0.4 is 15.2 Å². The Morgan fingerprint density at radius 1 is 1.10 bits per heavy atom. The second-order valence-corrected chi connectivity index (χ2v) is 7.57. The molecule has 0 aliphatic heterocycles. The van der Waals surface area contributed by atoms with Gasteiger partial charge in [0.05, 0.1) is 28.8 Å². The van der Waals surface area contributed by atoms with Crippen molar-refractivity contribution in [3.05, 3.63) is 71.4 Å². The van der Waals surface area contributed by atoms with Gasteiger partial charge in [0.2, 0.25) is 5.95 Å². The Bertz CT molecular complexity index is 1260. The van der Waals surface area contributed by atoms with Crippen molar-refractivity contribution >= 4 is 46.1 Å². The van der Waals surface area contributed by atoms with Crippen molar-refractivity contribution < 1.29 is 13.5 Å². The number of ether oxygens (including phenoxy) is 1. The lowest BCUT2D eigenvalue weighted by Crippen LogP contribution is -1.98. The van der Waals surface area contributed by atoms with Gasteiger partial charge < -0.3 is 15.2 Å². The van der Waals surface area contributed by atoms with E-state index in [0.29, 0.717) is 32.1 Å². The SMILES string of the molecule is COc1ccc(Cl)cc1SNc1ccc(F)c(-c2ccc3nc(N)ncc3c2)c1F. The molecule has 3 aromatic carbocycles. The molecule has 3 N–H and O–H groups in total. The van der Waals surface area contributed by atoms with Gasteiger partial charge in [-0.1, -0.05) is 17.7 Å². The van der Waals surface area contributed by atoms with E-state index in [1.807, 2.05) is 0 Å². The monoisotopic (exact) mass is 444 g/mol. The summed E-state index contributed by atoms with van der Waals surface area (Å²) in [7, 11) is 1.53. The number of rotatable bonds is 5. The molecule has 0 spiro atoms. The first-order valence-corrected chi connectivity index (χ1v) is 9.93. The molecular weight excluding hydrogens is 430 g/mol. The number of halogens is 3. The van der Waals surface area contributed by atoms with Gasteiger partial charge in [-0.05, 0) is 60.0 Å². The lowest BCUT2D eigenvalue weighted by Gasteiger charge is -2.13. The number of benzene rings is 3. The lowest BCUT2D eigenvalue weighted by atomic mass is 10.0. The van der Waals surface area contributed by atoms with E-state index in [2.05, 4.69) is 14.7 Å². The van der Waals surface area contributed by atoms with E-state index in [1.165, 1.54) is 25.4 Å². The van der Waals surface area contributed by atoms with Crippen LogP contribution in [-0.4, -0.2) is 17.1 Å². The Balaban J connectivity index is 1.69. The Kier molecular flexibility index (Phi) is 5.61. The molecule has 0 bridgehead atoms. The molecule has 0 aliphatic rings. The number of fused-ring (bicyclic) bond motifs is 1. The third kappa shape index (κ3) is 3.96. The standard InChI is InChI=1S/C21H15ClF2N4OS/c1-29-17-7-3-13(22)9-18(17)30-28-16-6-4-14(23)19(20(16)24)11-2-5-15-12(8-11)10-26-21(25)27-15/h2-10,28H,1H3,(H2,25,26,27). The van der Waals surface area contributed by atoms with Crippen molar-refractivity contribution in [1.29, 1.82) is 0 Å². The minimum Gasteiger partial charge on any atom is -0.496 e. The fourth-order valence-electron chi connectivity index (χ4n) is 2.94. The maximum absolute atomic E-state index is 15.2. The van der Waals surface area contributed by atoms with Crippen molar-refractivity contribution in [3.63, 3.8) is 0 Å². The van der Waals surface area contributed by atoms with E-state index in [0.717, 1.165) is 11.9 Å². The minimum atomic E-state index is -0.723. The maximum Gasteiger partial charge on any atom is 0.220 e. The van der Waals surface area contributed by atoms with Crippen LogP contribution in [0.1, 0.15) is 0 Å². The number of methoxy groups -OCH3 is 1. The van der Waals surface area contributed by atoms with Gasteiger partial charge in [0, 0.05) is 16.6 Å². The van der Waals surface area contributed by atoms with Gasteiger partial charge in [0.1, 0.15) is 11.6 Å². The number of nitrogens with two attached hydrogens (primary N) is 1. The van der Waals surface area contributed by atoms with Gasteiger partial charge in [-0.3, -0.25) is 0 Å². The lowest BCUT2D eigenvalue weighted by molar-refractivity contribution is 0.405. The van der Waals surface area contributed by atoms with E-state index in [4.69, 9.17) is 22.1 Å². The van der Waals surface area contributed by atoms with E-state index >= 15 is 4.39 Å². The summed E-state index contributed by atoms with van der Waals surface area (Å²) in [6, 6.07) is 12.5. The van der Waals surface area contributed by atoms with Gasteiger partial charge in [-0.2, -0.15) is 0 Å². The number of anilines is 2. The Morgan fingerprint density at radius 2 is 1.93 bits per heavy atom. The fourth-order valence-corrected chi connectivity index (χ4v) is 3.99. The number of hydrogen-bond donors (Lipinski definition) is 2. The smallest absolute Gasteiger partial charge is 0.220 e. The average Bonchev–Trinajstić information content (AvgIpc) is 2.73. The highest BCUT2D eigenvalue weighted by atomic mass is 35.5. The molecule has 0 atom stereocenters. The topological polar surface area (TPSA) is 73.1 Å². The Morgan fingerprint density at radius 3 is 2.73 bits per heavy atom. The summed E-state index contributed by atoms with van der Waals surface area (Å²) in [4.78, 5) is 8.69. The molecule has 0 unspecified atom stereocenters. The van der Waals surface area contributed by atoms with Crippen LogP contribution in [0.4, 0.5) is 20.4 Å². The van der Waals surface area contributed by atoms with Crippen LogP contribution in [0.5, 0.6) is 5.75 Å². The highest BCUT2D eigenvalue weighted by molar-refractivity contribution is 8.00. The summed E-state index contributed by atoms with van der Waals surface area (Å²) < 4.78 is 38.0. The van der Waals surface area contributed by atoms with Crippen molar-refractivity contribution in [2.45, 2.75) is 4.90 Å². The summed E-state index contributed by atoms with van der Waals surface area (Å²) in [6.07, 6.45) is 1.51. The first-order chi connectivity index (χ1) is 14.5. The van der Waals surface area contributed by atoms with E-state index in [1.54, 1.807) is 36.4 Å². The molecule has 4 aromatic rings. The van der Waals surface area contributed by atoms with Crippen LogP contribution in [0.25, 0.3) is 22.0 Å². The zero-order valence-electron chi connectivity index (χ0n) is 15.6. The van der Waals surface area contributed by atoms with Crippen molar-refractivity contribution in [2.75, 3.05) is 17.6 Å². The first kappa shape index (κ1) is 20.2. The normalized spacial score (nSPS) is 10.9. The van der Waals surface area contributed by atoms with Crippen LogP contribution in [-0.2, 0) is 0 Å². The van der Waals surface area contributed by atoms with E-state index < -0.39 is 11.6 Å². The zero-order chi connectivity index (χ0) is 21.3. The molecule has 0 radical (unpaired) electrons. The number of nitrogens with one attached hydrogen (secondary N) is 1.